The number of aromatic amines is 1. The Morgan fingerprint density at radius 1 is 1.67 bits per heavy atom. The van der Waals surface area contributed by atoms with E-state index >= 15 is 0 Å². The normalized spacial score (nSPS) is 16.8. The predicted octanol–water partition coefficient (Wildman–Crippen LogP) is 0.372. The van der Waals surface area contributed by atoms with Crippen LogP contribution in [0.5, 0.6) is 0 Å². The molecular weight excluding hydrogens is 154 g/mol. The smallest absolute Gasteiger partial charge is 0.0589 e. The van der Waals surface area contributed by atoms with Gasteiger partial charge in [-0.2, -0.15) is 5.10 Å². The molecule has 2 heterocycles. The summed E-state index contributed by atoms with van der Waals surface area (Å²) in [6.07, 6.45) is 1.90. The topological polar surface area (TPSA) is 41.1 Å². The molecule has 0 amide bonds. The lowest BCUT2D eigenvalue weighted by Gasteiger charge is -2.13. The van der Waals surface area contributed by atoms with E-state index in [2.05, 4.69) is 15.1 Å². The molecule has 4 nitrogen and oxygen atoms in total. The van der Waals surface area contributed by atoms with Crippen molar-refractivity contribution in [3.05, 3.63) is 17.5 Å². The lowest BCUT2D eigenvalue weighted by molar-refractivity contribution is 0.147. The van der Waals surface area contributed by atoms with Gasteiger partial charge in [0.05, 0.1) is 18.5 Å². The van der Waals surface area contributed by atoms with Gasteiger partial charge < -0.3 is 4.74 Å². The van der Waals surface area contributed by atoms with Crippen LogP contribution in [-0.2, 0) is 17.8 Å². The van der Waals surface area contributed by atoms with Gasteiger partial charge in [-0.25, -0.2) is 0 Å². The maximum Gasteiger partial charge on any atom is 0.0589 e. The molecule has 0 bridgehead atoms. The Morgan fingerprint density at radius 3 is 3.33 bits per heavy atom. The summed E-state index contributed by atoms with van der Waals surface area (Å²) in [4.78, 5) is 2.34. The summed E-state index contributed by atoms with van der Waals surface area (Å²) >= 11 is 0. The molecule has 1 aromatic heterocycles. The Morgan fingerprint density at radius 2 is 2.58 bits per heavy atom. The zero-order valence-corrected chi connectivity index (χ0v) is 7.21. The van der Waals surface area contributed by atoms with Crippen molar-refractivity contribution in [1.29, 1.82) is 0 Å². The summed E-state index contributed by atoms with van der Waals surface area (Å²) in [5.74, 6) is 0. The van der Waals surface area contributed by atoms with Gasteiger partial charge in [0, 0.05) is 32.3 Å². The molecular formula is C8H13N3O. The van der Waals surface area contributed by atoms with Crippen molar-refractivity contribution in [2.45, 2.75) is 13.1 Å². The number of rotatable bonds is 3. The van der Waals surface area contributed by atoms with Gasteiger partial charge in [0.15, 0.2) is 0 Å². The number of nitrogens with one attached hydrogen (secondary N) is 1. The van der Waals surface area contributed by atoms with E-state index in [0.29, 0.717) is 0 Å². The third kappa shape index (κ3) is 1.35. The summed E-state index contributed by atoms with van der Waals surface area (Å²) in [6, 6.07) is 0. The molecule has 0 unspecified atom stereocenters. The van der Waals surface area contributed by atoms with Crippen LogP contribution < -0.4 is 0 Å². The van der Waals surface area contributed by atoms with Gasteiger partial charge in [-0.3, -0.25) is 10.00 Å². The van der Waals surface area contributed by atoms with Crippen molar-refractivity contribution in [3.8, 4) is 0 Å². The van der Waals surface area contributed by atoms with Crippen LogP contribution in [0.15, 0.2) is 6.20 Å². The second kappa shape index (κ2) is 3.25. The van der Waals surface area contributed by atoms with E-state index in [1.807, 2.05) is 6.20 Å². The molecule has 12 heavy (non-hydrogen) atoms. The van der Waals surface area contributed by atoms with E-state index in [0.717, 1.165) is 26.2 Å². The average molecular weight is 167 g/mol. The molecule has 1 aliphatic heterocycles. The minimum absolute atomic E-state index is 0.803. The number of fused-ring (bicyclic) bond motifs is 1. The van der Waals surface area contributed by atoms with Crippen molar-refractivity contribution in [2.24, 2.45) is 0 Å². The highest BCUT2D eigenvalue weighted by atomic mass is 16.5. The summed E-state index contributed by atoms with van der Waals surface area (Å²) in [5, 5.41) is 6.97. The van der Waals surface area contributed by atoms with E-state index in [9.17, 15) is 0 Å². The zero-order chi connectivity index (χ0) is 8.39. The number of methoxy groups -OCH3 is 1. The molecule has 4 heteroatoms. The Labute approximate surface area is 71.5 Å². The molecule has 2 rings (SSSR count). The number of hydrogen-bond acceptors (Lipinski definition) is 3. The molecule has 0 saturated carbocycles. The van der Waals surface area contributed by atoms with Crippen molar-refractivity contribution in [1.82, 2.24) is 15.1 Å². The predicted molar refractivity (Wildman–Crippen MR) is 44.6 cm³/mol. The second-order valence-electron chi connectivity index (χ2n) is 3.08. The molecule has 0 aromatic carbocycles. The fourth-order valence-corrected chi connectivity index (χ4v) is 1.51. The number of nitrogens with zero attached hydrogens (tertiary/aromatic N) is 2. The van der Waals surface area contributed by atoms with Crippen molar-refractivity contribution < 1.29 is 4.74 Å². The summed E-state index contributed by atoms with van der Waals surface area (Å²) < 4.78 is 5.01. The Balaban J connectivity index is 1.90. The molecule has 0 radical (unpaired) electrons. The first-order chi connectivity index (χ1) is 5.90. The van der Waals surface area contributed by atoms with E-state index in [1.54, 1.807) is 7.11 Å². The zero-order valence-electron chi connectivity index (χ0n) is 7.21. The van der Waals surface area contributed by atoms with Crippen molar-refractivity contribution >= 4 is 0 Å². The number of hydrogen-bond donors (Lipinski definition) is 1. The maximum absolute atomic E-state index is 5.01. The molecule has 1 aliphatic rings. The third-order valence-electron chi connectivity index (χ3n) is 2.19. The van der Waals surface area contributed by atoms with Gasteiger partial charge in [-0.15, -0.1) is 0 Å². The third-order valence-corrected chi connectivity index (χ3v) is 2.19. The summed E-state index contributed by atoms with van der Waals surface area (Å²) in [7, 11) is 1.73. The SMILES string of the molecule is COCCN1Cc2cn[nH]c2C1. The average Bonchev–Trinajstić information content (AvgIpc) is 2.58. The highest BCUT2D eigenvalue weighted by Crippen LogP contribution is 2.18. The van der Waals surface area contributed by atoms with Crippen LogP contribution in [0.1, 0.15) is 11.3 Å². The largest absolute Gasteiger partial charge is 0.383 e. The first-order valence-electron chi connectivity index (χ1n) is 4.12. The molecule has 66 valence electrons. The van der Waals surface area contributed by atoms with Gasteiger partial charge >= 0.3 is 0 Å². The van der Waals surface area contributed by atoms with E-state index in [4.69, 9.17) is 4.74 Å². The van der Waals surface area contributed by atoms with E-state index in [1.165, 1.54) is 11.3 Å². The van der Waals surface area contributed by atoms with Crippen molar-refractivity contribution in [2.75, 3.05) is 20.3 Å². The minimum atomic E-state index is 0.803. The number of H-pyrrole nitrogens is 1. The first kappa shape index (κ1) is 7.76. The first-order valence-corrected chi connectivity index (χ1v) is 4.12. The fourth-order valence-electron chi connectivity index (χ4n) is 1.51. The molecule has 0 saturated heterocycles. The van der Waals surface area contributed by atoms with Crippen LogP contribution in [0, 0.1) is 0 Å². The Bertz CT molecular complexity index is 238. The maximum atomic E-state index is 5.01. The second-order valence-corrected chi connectivity index (χ2v) is 3.08. The van der Waals surface area contributed by atoms with Gasteiger partial charge in [0.25, 0.3) is 0 Å². The van der Waals surface area contributed by atoms with Gasteiger partial charge in [-0.05, 0) is 0 Å². The van der Waals surface area contributed by atoms with E-state index < -0.39 is 0 Å². The number of aromatic nitrogens is 2. The quantitative estimate of drug-likeness (QED) is 0.707. The molecule has 0 aliphatic carbocycles. The lowest BCUT2D eigenvalue weighted by atomic mass is 10.3. The van der Waals surface area contributed by atoms with Gasteiger partial charge in [-0.1, -0.05) is 0 Å². The lowest BCUT2D eigenvalue weighted by Crippen LogP contribution is -2.21. The van der Waals surface area contributed by atoms with Gasteiger partial charge in [0.1, 0.15) is 0 Å². The Kier molecular flexibility index (Phi) is 2.10. The highest BCUT2D eigenvalue weighted by molar-refractivity contribution is 5.20. The standard InChI is InChI=1S/C8H13N3O/c1-12-3-2-11-5-7-4-9-10-8(7)6-11/h4H,2-3,5-6H2,1H3,(H,9,10). The minimum Gasteiger partial charge on any atom is -0.383 e. The summed E-state index contributed by atoms with van der Waals surface area (Å²) in [5.41, 5.74) is 2.58. The van der Waals surface area contributed by atoms with Gasteiger partial charge in [0.2, 0.25) is 0 Å². The highest BCUT2D eigenvalue weighted by Gasteiger charge is 2.19. The van der Waals surface area contributed by atoms with Crippen LogP contribution in [0.2, 0.25) is 0 Å². The van der Waals surface area contributed by atoms with Crippen LogP contribution in [-0.4, -0.2) is 35.4 Å². The molecule has 1 aromatic rings. The fraction of sp³-hybridized carbons (Fsp3) is 0.625. The van der Waals surface area contributed by atoms with Crippen LogP contribution >= 0.6 is 0 Å². The monoisotopic (exact) mass is 167 g/mol. The molecule has 0 spiro atoms. The van der Waals surface area contributed by atoms with Crippen LogP contribution in [0.4, 0.5) is 0 Å². The van der Waals surface area contributed by atoms with Crippen LogP contribution in [0.3, 0.4) is 0 Å². The van der Waals surface area contributed by atoms with E-state index in [-0.39, 0.29) is 0 Å². The number of ether oxygens (including phenoxy) is 1. The Hall–Kier alpha value is -0.870. The summed E-state index contributed by atoms with van der Waals surface area (Å²) in [6.45, 7) is 3.80. The van der Waals surface area contributed by atoms with Crippen molar-refractivity contribution in [3.63, 3.8) is 0 Å². The van der Waals surface area contributed by atoms with Crippen LogP contribution in [0.25, 0.3) is 0 Å². The molecule has 0 atom stereocenters. The molecule has 1 N–H and O–H groups in total. The molecule has 0 fully saturated rings.